The second-order valence-corrected chi connectivity index (χ2v) is 7.11. The zero-order valence-electron chi connectivity index (χ0n) is 15.1. The summed E-state index contributed by atoms with van der Waals surface area (Å²) < 4.78 is 5.56. The topological polar surface area (TPSA) is 68.2 Å². The molecule has 27 heavy (non-hydrogen) atoms. The summed E-state index contributed by atoms with van der Waals surface area (Å²) in [6, 6.07) is 13.8. The summed E-state index contributed by atoms with van der Waals surface area (Å²) in [5, 5.41) is 4.87. The quantitative estimate of drug-likeness (QED) is 0.630. The Morgan fingerprint density at radius 1 is 1.22 bits per heavy atom. The monoisotopic (exact) mass is 404 g/mol. The molecule has 2 heterocycles. The fourth-order valence-corrected chi connectivity index (χ4v) is 3.64. The molecule has 0 bridgehead atoms. The summed E-state index contributed by atoms with van der Waals surface area (Å²) >= 11 is 5.93. The fourth-order valence-electron chi connectivity index (χ4n) is 3.51. The van der Waals surface area contributed by atoms with Gasteiger partial charge in [0, 0.05) is 29.4 Å². The van der Waals surface area contributed by atoms with Crippen LogP contribution in [0.4, 0.5) is 11.4 Å². The minimum Gasteiger partial charge on any atom is -0.398 e. The molecule has 1 aliphatic heterocycles. The normalized spacial score (nSPS) is 14.4. The van der Waals surface area contributed by atoms with E-state index in [4.69, 9.17) is 21.9 Å². The number of anilines is 2. The van der Waals surface area contributed by atoms with E-state index in [9.17, 15) is 0 Å². The number of fused-ring (bicyclic) bond motifs is 1. The number of halogens is 2. The standard InChI is InChI=1S/C20H21ClN4O.ClH/c1-13(25-11-3-4-16-17(22)5-2-6-18(16)25)20-23-19(24-26-20)12-14-7-9-15(21)10-8-14;/h2,5-10,13H,3-4,11-12,22H2,1H3;1H. The Kier molecular flexibility index (Phi) is 5.92. The van der Waals surface area contributed by atoms with E-state index in [1.165, 1.54) is 11.3 Å². The van der Waals surface area contributed by atoms with Crippen LogP contribution in [0.15, 0.2) is 47.0 Å². The summed E-state index contributed by atoms with van der Waals surface area (Å²) in [4.78, 5) is 6.92. The van der Waals surface area contributed by atoms with Gasteiger partial charge in [0.05, 0.1) is 0 Å². The van der Waals surface area contributed by atoms with Gasteiger partial charge in [-0.1, -0.05) is 35.0 Å². The first-order chi connectivity index (χ1) is 12.6. The summed E-state index contributed by atoms with van der Waals surface area (Å²) in [6.45, 7) is 3.05. The SMILES string of the molecule is CC(c1nc(Cc2ccc(Cl)cc2)no1)N1CCCc2c(N)cccc21.Cl. The maximum atomic E-state index is 6.16. The fraction of sp³-hybridized carbons (Fsp3) is 0.300. The minimum atomic E-state index is 0. The number of nitrogens with zero attached hydrogens (tertiary/aromatic N) is 3. The molecule has 2 aromatic carbocycles. The molecule has 2 N–H and O–H groups in total. The van der Waals surface area contributed by atoms with Gasteiger partial charge in [-0.05, 0) is 55.2 Å². The second-order valence-electron chi connectivity index (χ2n) is 6.67. The summed E-state index contributed by atoms with van der Waals surface area (Å²) in [6.07, 6.45) is 2.70. The van der Waals surface area contributed by atoms with Gasteiger partial charge in [0.1, 0.15) is 6.04 Å². The maximum Gasteiger partial charge on any atom is 0.249 e. The third-order valence-corrected chi connectivity index (χ3v) is 5.16. The van der Waals surface area contributed by atoms with Crippen LogP contribution in [0.3, 0.4) is 0 Å². The van der Waals surface area contributed by atoms with E-state index in [-0.39, 0.29) is 18.4 Å². The van der Waals surface area contributed by atoms with E-state index in [0.717, 1.165) is 35.7 Å². The Hall–Kier alpha value is -2.24. The number of aromatic nitrogens is 2. The zero-order chi connectivity index (χ0) is 18.1. The largest absolute Gasteiger partial charge is 0.398 e. The lowest BCUT2D eigenvalue weighted by atomic mass is 9.98. The van der Waals surface area contributed by atoms with Gasteiger partial charge >= 0.3 is 0 Å². The summed E-state index contributed by atoms with van der Waals surface area (Å²) in [5.74, 6) is 1.31. The van der Waals surface area contributed by atoms with Gasteiger partial charge in [-0.15, -0.1) is 12.4 Å². The molecular formula is C20H22Cl2N4O. The summed E-state index contributed by atoms with van der Waals surface area (Å²) in [5.41, 5.74) is 10.5. The van der Waals surface area contributed by atoms with E-state index in [2.05, 4.69) is 28.0 Å². The van der Waals surface area contributed by atoms with Crippen LogP contribution < -0.4 is 10.6 Å². The second kappa shape index (κ2) is 8.19. The molecule has 7 heteroatoms. The number of benzene rings is 2. The van der Waals surface area contributed by atoms with E-state index < -0.39 is 0 Å². The molecule has 142 valence electrons. The number of hydrogen-bond donors (Lipinski definition) is 1. The molecule has 1 unspecified atom stereocenters. The van der Waals surface area contributed by atoms with Crippen LogP contribution in [0.2, 0.25) is 5.02 Å². The number of rotatable bonds is 4. The van der Waals surface area contributed by atoms with Crippen LogP contribution in [0.25, 0.3) is 0 Å². The molecule has 0 aliphatic carbocycles. The lowest BCUT2D eigenvalue weighted by molar-refractivity contribution is 0.349. The number of hydrogen-bond acceptors (Lipinski definition) is 5. The van der Waals surface area contributed by atoms with Crippen molar-refractivity contribution >= 4 is 35.4 Å². The van der Waals surface area contributed by atoms with Gasteiger partial charge in [0.15, 0.2) is 5.82 Å². The highest BCUT2D eigenvalue weighted by molar-refractivity contribution is 6.30. The maximum absolute atomic E-state index is 6.16. The number of nitrogens with two attached hydrogens (primary N) is 1. The van der Waals surface area contributed by atoms with Crippen molar-refractivity contribution in [1.82, 2.24) is 10.1 Å². The molecule has 1 aliphatic rings. The first-order valence-electron chi connectivity index (χ1n) is 8.83. The zero-order valence-corrected chi connectivity index (χ0v) is 16.6. The van der Waals surface area contributed by atoms with Crippen molar-refractivity contribution < 1.29 is 4.52 Å². The molecule has 5 nitrogen and oxygen atoms in total. The molecule has 1 aromatic heterocycles. The lowest BCUT2D eigenvalue weighted by Gasteiger charge is -2.35. The predicted octanol–water partition coefficient (Wildman–Crippen LogP) is 4.83. The first-order valence-corrected chi connectivity index (χ1v) is 9.20. The van der Waals surface area contributed by atoms with Gasteiger partial charge in [-0.2, -0.15) is 4.98 Å². The van der Waals surface area contributed by atoms with Crippen LogP contribution in [0.5, 0.6) is 0 Å². The highest BCUT2D eigenvalue weighted by Crippen LogP contribution is 2.36. The van der Waals surface area contributed by atoms with Crippen molar-refractivity contribution in [1.29, 1.82) is 0 Å². The van der Waals surface area contributed by atoms with Crippen LogP contribution >= 0.6 is 24.0 Å². The van der Waals surface area contributed by atoms with Gasteiger partial charge in [0.2, 0.25) is 5.89 Å². The van der Waals surface area contributed by atoms with E-state index in [1.54, 1.807) is 0 Å². The molecule has 0 fully saturated rings. The van der Waals surface area contributed by atoms with E-state index in [1.807, 2.05) is 36.4 Å². The molecular weight excluding hydrogens is 383 g/mol. The van der Waals surface area contributed by atoms with E-state index in [0.29, 0.717) is 18.1 Å². The minimum absolute atomic E-state index is 0. The van der Waals surface area contributed by atoms with Gasteiger partial charge < -0.3 is 15.2 Å². The predicted molar refractivity (Wildman–Crippen MR) is 111 cm³/mol. The van der Waals surface area contributed by atoms with Crippen molar-refractivity contribution in [3.8, 4) is 0 Å². The Morgan fingerprint density at radius 2 is 2.00 bits per heavy atom. The highest BCUT2D eigenvalue weighted by atomic mass is 35.5. The van der Waals surface area contributed by atoms with Crippen molar-refractivity contribution in [2.24, 2.45) is 0 Å². The molecule has 1 atom stereocenters. The van der Waals surface area contributed by atoms with Crippen molar-refractivity contribution in [3.63, 3.8) is 0 Å². The molecule has 0 saturated carbocycles. The Bertz CT molecular complexity index is 911. The Labute approximate surface area is 169 Å². The van der Waals surface area contributed by atoms with Crippen LogP contribution in [0, 0.1) is 0 Å². The highest BCUT2D eigenvalue weighted by Gasteiger charge is 2.27. The molecule has 0 spiro atoms. The van der Waals surface area contributed by atoms with Gasteiger partial charge in [0.25, 0.3) is 0 Å². The third kappa shape index (κ3) is 4.04. The summed E-state index contributed by atoms with van der Waals surface area (Å²) in [7, 11) is 0. The van der Waals surface area contributed by atoms with Gasteiger partial charge in [-0.25, -0.2) is 0 Å². The van der Waals surface area contributed by atoms with Crippen molar-refractivity contribution in [2.75, 3.05) is 17.2 Å². The molecule has 0 radical (unpaired) electrons. The molecule has 0 saturated heterocycles. The Morgan fingerprint density at radius 3 is 2.78 bits per heavy atom. The smallest absolute Gasteiger partial charge is 0.249 e. The van der Waals surface area contributed by atoms with Crippen LogP contribution in [-0.4, -0.2) is 16.7 Å². The average Bonchev–Trinajstić information content (AvgIpc) is 3.11. The molecule has 4 rings (SSSR count). The lowest BCUT2D eigenvalue weighted by Crippen LogP contribution is -2.32. The van der Waals surface area contributed by atoms with Crippen LogP contribution in [-0.2, 0) is 12.8 Å². The molecule has 0 amide bonds. The van der Waals surface area contributed by atoms with Crippen LogP contribution in [0.1, 0.15) is 42.2 Å². The van der Waals surface area contributed by atoms with E-state index >= 15 is 0 Å². The third-order valence-electron chi connectivity index (χ3n) is 4.91. The average molecular weight is 405 g/mol. The molecule has 3 aromatic rings. The number of nitrogen functional groups attached to an aromatic ring is 1. The van der Waals surface area contributed by atoms with Crippen molar-refractivity contribution in [2.45, 2.75) is 32.2 Å². The van der Waals surface area contributed by atoms with Crippen molar-refractivity contribution in [3.05, 3.63) is 70.3 Å². The first kappa shape index (κ1) is 19.5. The van der Waals surface area contributed by atoms with Gasteiger partial charge in [-0.3, -0.25) is 0 Å². The Balaban J connectivity index is 0.00000210.